The molecule has 0 aromatic heterocycles. The molecule has 5 heteroatoms. The zero-order chi connectivity index (χ0) is 15.9. The predicted octanol–water partition coefficient (Wildman–Crippen LogP) is 4.91. The van der Waals surface area contributed by atoms with E-state index in [2.05, 4.69) is 4.74 Å². The smallest absolute Gasteiger partial charge is 0.387 e. The van der Waals surface area contributed by atoms with Crippen LogP contribution in [0.15, 0.2) is 59.5 Å². The van der Waals surface area contributed by atoms with Gasteiger partial charge in [0.1, 0.15) is 5.75 Å². The number of carbonyl (C=O) groups excluding carboxylic acids is 1. The molecule has 0 atom stereocenters. The van der Waals surface area contributed by atoms with Crippen molar-refractivity contribution in [2.45, 2.75) is 11.5 Å². The van der Waals surface area contributed by atoms with Gasteiger partial charge in [-0.1, -0.05) is 18.2 Å². The number of carbonyl (C=O) groups is 1. The minimum Gasteiger partial charge on any atom is -0.435 e. The van der Waals surface area contributed by atoms with E-state index in [1.165, 1.54) is 18.2 Å². The van der Waals surface area contributed by atoms with Gasteiger partial charge in [0, 0.05) is 10.5 Å². The largest absolute Gasteiger partial charge is 0.435 e. The number of alkyl halides is 2. The maximum Gasteiger partial charge on any atom is 0.387 e. The topological polar surface area (TPSA) is 26.3 Å². The van der Waals surface area contributed by atoms with E-state index in [9.17, 15) is 13.6 Å². The van der Waals surface area contributed by atoms with Gasteiger partial charge in [0.05, 0.1) is 0 Å². The second kappa shape index (κ2) is 7.75. The average Bonchev–Trinajstić information content (AvgIpc) is 2.53. The Bertz CT molecular complexity index is 649. The first-order chi connectivity index (χ1) is 10.6. The van der Waals surface area contributed by atoms with E-state index in [0.29, 0.717) is 5.56 Å². The van der Waals surface area contributed by atoms with Crippen LogP contribution in [-0.4, -0.2) is 18.7 Å². The van der Waals surface area contributed by atoms with Crippen molar-refractivity contribution in [3.05, 3.63) is 65.7 Å². The number of thioether (sulfide) groups is 1. The van der Waals surface area contributed by atoms with Gasteiger partial charge in [-0.2, -0.15) is 8.78 Å². The molecule has 0 fully saturated rings. The van der Waals surface area contributed by atoms with Gasteiger partial charge in [0.25, 0.3) is 0 Å². The highest BCUT2D eigenvalue weighted by Crippen LogP contribution is 2.17. The van der Waals surface area contributed by atoms with E-state index in [1.807, 2.05) is 18.4 Å². The van der Waals surface area contributed by atoms with Gasteiger partial charge in [-0.05, 0) is 54.3 Å². The van der Waals surface area contributed by atoms with Crippen molar-refractivity contribution in [3.63, 3.8) is 0 Å². The van der Waals surface area contributed by atoms with Crippen LogP contribution in [0.4, 0.5) is 8.78 Å². The van der Waals surface area contributed by atoms with E-state index in [-0.39, 0.29) is 11.5 Å². The SMILES string of the molecule is CSc1ccc(C(=O)/C=C/c2ccc(OC(F)F)cc2)cc1. The summed E-state index contributed by atoms with van der Waals surface area (Å²) >= 11 is 1.61. The fourth-order valence-corrected chi connectivity index (χ4v) is 2.19. The summed E-state index contributed by atoms with van der Waals surface area (Å²) in [4.78, 5) is 13.1. The van der Waals surface area contributed by atoms with Crippen LogP contribution >= 0.6 is 11.8 Å². The Hall–Kier alpha value is -2.14. The summed E-state index contributed by atoms with van der Waals surface area (Å²) in [5.41, 5.74) is 1.34. The molecule has 0 spiro atoms. The quantitative estimate of drug-likeness (QED) is 0.430. The normalized spacial score (nSPS) is 11.1. The summed E-state index contributed by atoms with van der Waals surface area (Å²) in [6.07, 6.45) is 5.06. The van der Waals surface area contributed by atoms with Crippen molar-refractivity contribution in [2.24, 2.45) is 0 Å². The summed E-state index contributed by atoms with van der Waals surface area (Å²) in [7, 11) is 0. The van der Waals surface area contributed by atoms with Gasteiger partial charge >= 0.3 is 6.61 Å². The number of ketones is 1. The highest BCUT2D eigenvalue weighted by atomic mass is 32.2. The molecule has 2 rings (SSSR count). The first kappa shape index (κ1) is 16.2. The molecular weight excluding hydrogens is 306 g/mol. The maximum absolute atomic E-state index is 12.0. The van der Waals surface area contributed by atoms with E-state index in [4.69, 9.17) is 0 Å². The van der Waals surface area contributed by atoms with E-state index in [1.54, 1.807) is 42.1 Å². The van der Waals surface area contributed by atoms with Crippen molar-refractivity contribution in [1.29, 1.82) is 0 Å². The number of ether oxygens (including phenoxy) is 1. The molecule has 2 aromatic rings. The molecule has 0 heterocycles. The zero-order valence-corrected chi connectivity index (χ0v) is 12.6. The summed E-state index contributed by atoms with van der Waals surface area (Å²) in [6.45, 7) is -2.84. The lowest BCUT2D eigenvalue weighted by Gasteiger charge is -2.03. The Morgan fingerprint density at radius 2 is 1.73 bits per heavy atom. The molecule has 0 aliphatic heterocycles. The van der Waals surface area contributed by atoms with Crippen molar-refractivity contribution in [1.82, 2.24) is 0 Å². The number of allylic oxidation sites excluding steroid dienone is 1. The third-order valence-electron chi connectivity index (χ3n) is 2.91. The molecule has 0 bridgehead atoms. The molecule has 114 valence electrons. The third-order valence-corrected chi connectivity index (χ3v) is 3.65. The van der Waals surface area contributed by atoms with Crippen molar-refractivity contribution in [2.75, 3.05) is 6.26 Å². The number of hydrogen-bond donors (Lipinski definition) is 0. The highest BCUT2D eigenvalue weighted by Gasteiger charge is 2.04. The number of benzene rings is 2. The molecule has 0 radical (unpaired) electrons. The van der Waals surface area contributed by atoms with Gasteiger partial charge in [0.2, 0.25) is 0 Å². The number of rotatable bonds is 6. The van der Waals surface area contributed by atoms with Crippen LogP contribution < -0.4 is 4.74 Å². The van der Waals surface area contributed by atoms with Crippen LogP contribution in [-0.2, 0) is 0 Å². The monoisotopic (exact) mass is 320 g/mol. The molecule has 0 aliphatic carbocycles. The first-order valence-corrected chi connectivity index (χ1v) is 7.72. The standard InChI is InChI=1S/C17H14F2O2S/c1-22-15-9-5-13(6-10-15)16(20)11-4-12-2-7-14(8-3-12)21-17(18)19/h2-11,17H,1H3/b11-4+. The maximum atomic E-state index is 12.0. The summed E-state index contributed by atoms with van der Waals surface area (Å²) in [5, 5.41) is 0. The van der Waals surface area contributed by atoms with Crippen LogP contribution in [0.25, 0.3) is 6.08 Å². The first-order valence-electron chi connectivity index (χ1n) is 6.50. The van der Waals surface area contributed by atoms with Crippen LogP contribution in [0.3, 0.4) is 0 Å². The van der Waals surface area contributed by atoms with Crippen molar-refractivity contribution in [3.8, 4) is 5.75 Å². The number of hydrogen-bond acceptors (Lipinski definition) is 3. The lowest BCUT2D eigenvalue weighted by molar-refractivity contribution is -0.0498. The Labute approximate surface area is 131 Å². The van der Waals surface area contributed by atoms with E-state index >= 15 is 0 Å². The van der Waals surface area contributed by atoms with Crippen molar-refractivity contribution < 1.29 is 18.3 Å². The van der Waals surface area contributed by atoms with Gasteiger partial charge in [-0.3, -0.25) is 4.79 Å². The molecule has 22 heavy (non-hydrogen) atoms. The van der Waals surface area contributed by atoms with Crippen LogP contribution in [0.1, 0.15) is 15.9 Å². The Kier molecular flexibility index (Phi) is 5.72. The molecule has 2 nitrogen and oxygen atoms in total. The summed E-state index contributed by atoms with van der Waals surface area (Å²) in [6, 6.07) is 13.4. The Balaban J connectivity index is 2.02. The lowest BCUT2D eigenvalue weighted by atomic mass is 10.1. The fourth-order valence-electron chi connectivity index (χ4n) is 1.78. The molecule has 0 N–H and O–H groups in total. The molecule has 0 aliphatic rings. The minimum absolute atomic E-state index is 0.0890. The Morgan fingerprint density at radius 1 is 1.09 bits per heavy atom. The predicted molar refractivity (Wildman–Crippen MR) is 84.7 cm³/mol. The van der Waals surface area contributed by atoms with Gasteiger partial charge in [-0.15, -0.1) is 11.8 Å². The summed E-state index contributed by atoms with van der Waals surface area (Å²) < 4.78 is 28.3. The second-order valence-corrected chi connectivity index (χ2v) is 5.25. The van der Waals surface area contributed by atoms with Gasteiger partial charge in [-0.25, -0.2) is 0 Å². The lowest BCUT2D eigenvalue weighted by Crippen LogP contribution is -2.01. The van der Waals surface area contributed by atoms with E-state index < -0.39 is 6.61 Å². The molecule has 2 aromatic carbocycles. The van der Waals surface area contributed by atoms with Gasteiger partial charge in [0.15, 0.2) is 5.78 Å². The molecule has 0 saturated carbocycles. The molecule has 0 unspecified atom stereocenters. The molecule has 0 amide bonds. The molecular formula is C17H14F2O2S. The number of halogens is 2. The third kappa shape index (κ3) is 4.70. The van der Waals surface area contributed by atoms with Crippen LogP contribution in [0.2, 0.25) is 0 Å². The fraction of sp³-hybridized carbons (Fsp3) is 0.118. The van der Waals surface area contributed by atoms with Crippen LogP contribution in [0.5, 0.6) is 5.75 Å². The summed E-state index contributed by atoms with van der Waals surface area (Å²) in [5.74, 6) is -0.0216. The minimum atomic E-state index is -2.84. The van der Waals surface area contributed by atoms with Gasteiger partial charge < -0.3 is 4.74 Å². The second-order valence-electron chi connectivity index (χ2n) is 4.37. The van der Waals surface area contributed by atoms with Crippen molar-refractivity contribution >= 4 is 23.6 Å². The molecule has 0 saturated heterocycles. The zero-order valence-electron chi connectivity index (χ0n) is 11.8. The average molecular weight is 320 g/mol. The van der Waals surface area contributed by atoms with Crippen LogP contribution in [0, 0.1) is 0 Å². The highest BCUT2D eigenvalue weighted by molar-refractivity contribution is 7.98. The van der Waals surface area contributed by atoms with E-state index in [0.717, 1.165) is 10.5 Å². The Morgan fingerprint density at radius 3 is 2.27 bits per heavy atom.